The first-order valence-electron chi connectivity index (χ1n) is 8.44. The van der Waals surface area contributed by atoms with E-state index in [2.05, 4.69) is 24.8 Å². The van der Waals surface area contributed by atoms with Crippen molar-refractivity contribution < 1.29 is 5.11 Å². The van der Waals surface area contributed by atoms with Crippen LogP contribution in [0.2, 0.25) is 0 Å². The van der Waals surface area contributed by atoms with Crippen molar-refractivity contribution in [2.45, 2.75) is 25.9 Å². The topological polar surface area (TPSA) is 23.5 Å². The summed E-state index contributed by atoms with van der Waals surface area (Å²) < 4.78 is 0. The monoisotopic (exact) mass is 309 g/mol. The Morgan fingerprint density at radius 3 is 1.78 bits per heavy atom. The first-order chi connectivity index (χ1) is 11.2. The molecule has 2 heteroatoms. The second-order valence-electron chi connectivity index (χ2n) is 5.72. The van der Waals surface area contributed by atoms with E-state index in [4.69, 9.17) is 0 Å². The average molecular weight is 309 g/mol. The van der Waals surface area contributed by atoms with Crippen molar-refractivity contribution >= 4 is 0 Å². The molecule has 2 rings (SSSR count). The lowest BCUT2D eigenvalue weighted by molar-refractivity contribution is 0.134. The molecule has 0 heterocycles. The standard InChI is InChI=1S/C21H27NO/c1-3-22(4-2)18-12-11-17-21(23,19-13-7-5-8-14-19)20-15-9-6-10-16-20/h5-11,13-17,23H,3-4,12,18H2,1-2H3/b17-11-. The van der Waals surface area contributed by atoms with Crippen LogP contribution in [0.15, 0.2) is 72.8 Å². The zero-order chi connectivity index (χ0) is 16.5. The fourth-order valence-corrected chi connectivity index (χ4v) is 2.79. The highest BCUT2D eigenvalue weighted by Crippen LogP contribution is 2.31. The minimum absolute atomic E-state index is 0.894. The van der Waals surface area contributed by atoms with E-state index in [1.165, 1.54) is 0 Å². The molecule has 0 bridgehead atoms. The molecular weight excluding hydrogens is 282 g/mol. The lowest BCUT2D eigenvalue weighted by atomic mass is 9.86. The smallest absolute Gasteiger partial charge is 0.133 e. The zero-order valence-corrected chi connectivity index (χ0v) is 14.2. The van der Waals surface area contributed by atoms with Gasteiger partial charge in [-0.1, -0.05) is 80.6 Å². The highest BCUT2D eigenvalue weighted by atomic mass is 16.3. The Kier molecular flexibility index (Phi) is 6.57. The largest absolute Gasteiger partial charge is 0.377 e. The normalized spacial score (nSPS) is 12.2. The van der Waals surface area contributed by atoms with Gasteiger partial charge in [-0.15, -0.1) is 0 Å². The third-order valence-corrected chi connectivity index (χ3v) is 4.29. The van der Waals surface area contributed by atoms with E-state index in [0.717, 1.165) is 37.2 Å². The molecule has 0 amide bonds. The van der Waals surface area contributed by atoms with Crippen molar-refractivity contribution in [2.24, 2.45) is 0 Å². The minimum Gasteiger partial charge on any atom is -0.377 e. The minimum atomic E-state index is -1.08. The van der Waals surface area contributed by atoms with E-state index >= 15 is 0 Å². The molecule has 2 aromatic rings. The van der Waals surface area contributed by atoms with E-state index < -0.39 is 5.60 Å². The summed E-state index contributed by atoms with van der Waals surface area (Å²) in [5, 5.41) is 11.3. The fraction of sp³-hybridized carbons (Fsp3) is 0.333. The molecule has 0 saturated heterocycles. The summed E-state index contributed by atoms with van der Waals surface area (Å²) in [5.74, 6) is 0. The predicted octanol–water partition coefficient (Wildman–Crippen LogP) is 4.21. The van der Waals surface area contributed by atoms with Crippen LogP contribution in [0.3, 0.4) is 0 Å². The lowest BCUT2D eigenvalue weighted by Gasteiger charge is -2.26. The quantitative estimate of drug-likeness (QED) is 0.738. The number of nitrogens with zero attached hydrogens (tertiary/aromatic N) is 1. The second kappa shape index (κ2) is 8.66. The van der Waals surface area contributed by atoms with Crippen LogP contribution in [-0.4, -0.2) is 29.6 Å². The van der Waals surface area contributed by atoms with Gasteiger partial charge in [-0.2, -0.15) is 0 Å². The van der Waals surface area contributed by atoms with Gasteiger partial charge in [-0.05, 0) is 36.7 Å². The Labute approximate surface area is 140 Å². The summed E-state index contributed by atoms with van der Waals surface area (Å²) in [6.07, 6.45) is 4.96. The highest BCUT2D eigenvalue weighted by Gasteiger charge is 2.27. The third-order valence-electron chi connectivity index (χ3n) is 4.29. The lowest BCUT2D eigenvalue weighted by Crippen LogP contribution is -2.25. The summed E-state index contributed by atoms with van der Waals surface area (Å²) in [6, 6.07) is 19.7. The molecule has 0 aliphatic rings. The molecule has 0 aromatic heterocycles. The zero-order valence-electron chi connectivity index (χ0n) is 14.2. The summed E-state index contributed by atoms with van der Waals surface area (Å²) in [5.41, 5.74) is 0.710. The van der Waals surface area contributed by atoms with Gasteiger partial charge in [0.2, 0.25) is 0 Å². The molecule has 0 aliphatic carbocycles. The molecule has 0 spiro atoms. The molecule has 2 aromatic carbocycles. The van der Waals surface area contributed by atoms with Gasteiger partial charge < -0.3 is 10.0 Å². The molecule has 0 unspecified atom stereocenters. The molecule has 0 aliphatic heterocycles. The summed E-state index contributed by atoms with van der Waals surface area (Å²) in [6.45, 7) is 7.50. The maximum absolute atomic E-state index is 11.3. The number of hydrogen-bond acceptors (Lipinski definition) is 2. The van der Waals surface area contributed by atoms with Crippen molar-refractivity contribution in [3.63, 3.8) is 0 Å². The Balaban J connectivity index is 2.22. The van der Waals surface area contributed by atoms with E-state index in [9.17, 15) is 5.11 Å². The molecular formula is C21H27NO. The number of hydrogen-bond donors (Lipinski definition) is 1. The van der Waals surface area contributed by atoms with Crippen LogP contribution in [0, 0.1) is 0 Å². The SMILES string of the molecule is CCN(CC)CC/C=C\C(O)(c1ccccc1)c1ccccc1. The van der Waals surface area contributed by atoms with Crippen molar-refractivity contribution in [3.8, 4) is 0 Å². The molecule has 122 valence electrons. The van der Waals surface area contributed by atoms with Crippen LogP contribution in [0.1, 0.15) is 31.4 Å². The Hall–Kier alpha value is -1.90. The van der Waals surface area contributed by atoms with Gasteiger partial charge in [0.15, 0.2) is 0 Å². The Bertz CT molecular complexity index is 548. The summed E-state index contributed by atoms with van der Waals surface area (Å²) >= 11 is 0. The number of aliphatic hydroxyl groups is 1. The van der Waals surface area contributed by atoms with Gasteiger partial charge in [0, 0.05) is 6.54 Å². The van der Waals surface area contributed by atoms with Crippen LogP contribution in [0.5, 0.6) is 0 Å². The van der Waals surface area contributed by atoms with Gasteiger partial charge >= 0.3 is 0 Å². The molecule has 0 atom stereocenters. The number of benzene rings is 2. The van der Waals surface area contributed by atoms with Crippen LogP contribution in [0.4, 0.5) is 0 Å². The van der Waals surface area contributed by atoms with Crippen LogP contribution in [-0.2, 0) is 5.60 Å². The first-order valence-corrected chi connectivity index (χ1v) is 8.44. The van der Waals surface area contributed by atoms with Gasteiger partial charge in [0.25, 0.3) is 0 Å². The molecule has 0 saturated carbocycles. The van der Waals surface area contributed by atoms with Gasteiger partial charge in [-0.3, -0.25) is 0 Å². The molecule has 0 fully saturated rings. The predicted molar refractivity (Wildman–Crippen MR) is 97.4 cm³/mol. The van der Waals surface area contributed by atoms with Gasteiger partial charge in [0.1, 0.15) is 5.60 Å². The average Bonchev–Trinajstić information content (AvgIpc) is 2.63. The molecule has 0 radical (unpaired) electrons. The van der Waals surface area contributed by atoms with E-state index in [0.29, 0.717) is 0 Å². The van der Waals surface area contributed by atoms with Crippen molar-refractivity contribution in [3.05, 3.63) is 83.9 Å². The highest BCUT2D eigenvalue weighted by molar-refractivity contribution is 5.40. The van der Waals surface area contributed by atoms with E-state index in [1.807, 2.05) is 66.7 Å². The van der Waals surface area contributed by atoms with E-state index in [-0.39, 0.29) is 0 Å². The molecule has 23 heavy (non-hydrogen) atoms. The van der Waals surface area contributed by atoms with Gasteiger partial charge in [0.05, 0.1) is 0 Å². The Morgan fingerprint density at radius 1 is 0.870 bits per heavy atom. The van der Waals surface area contributed by atoms with Crippen molar-refractivity contribution in [1.29, 1.82) is 0 Å². The number of rotatable bonds is 8. The summed E-state index contributed by atoms with van der Waals surface area (Å²) in [7, 11) is 0. The van der Waals surface area contributed by atoms with Crippen molar-refractivity contribution in [2.75, 3.05) is 19.6 Å². The maximum Gasteiger partial charge on any atom is 0.133 e. The molecule has 1 N–H and O–H groups in total. The first kappa shape index (κ1) is 17.5. The molecule has 2 nitrogen and oxygen atoms in total. The van der Waals surface area contributed by atoms with E-state index in [1.54, 1.807) is 0 Å². The Morgan fingerprint density at radius 2 is 1.35 bits per heavy atom. The third kappa shape index (κ3) is 4.54. The van der Waals surface area contributed by atoms with Crippen LogP contribution < -0.4 is 0 Å². The van der Waals surface area contributed by atoms with Crippen LogP contribution in [0.25, 0.3) is 0 Å². The van der Waals surface area contributed by atoms with Crippen molar-refractivity contribution in [1.82, 2.24) is 4.90 Å². The second-order valence-corrected chi connectivity index (χ2v) is 5.72. The fourth-order valence-electron chi connectivity index (χ4n) is 2.79. The maximum atomic E-state index is 11.3. The van der Waals surface area contributed by atoms with Crippen LogP contribution >= 0.6 is 0 Å². The summed E-state index contributed by atoms with van der Waals surface area (Å²) in [4.78, 5) is 2.38. The van der Waals surface area contributed by atoms with Gasteiger partial charge in [-0.25, -0.2) is 0 Å².